The Labute approximate surface area is 165 Å². The average Bonchev–Trinajstić information content (AvgIpc) is 3.33. The number of ether oxygens (including phenoxy) is 1. The van der Waals surface area contributed by atoms with E-state index >= 15 is 0 Å². The minimum absolute atomic E-state index is 0.284. The monoisotopic (exact) mass is 394 g/mol. The second kappa shape index (κ2) is 7.31. The van der Waals surface area contributed by atoms with Crippen LogP contribution in [0.15, 0.2) is 59.9 Å². The van der Waals surface area contributed by atoms with E-state index in [4.69, 9.17) is 4.74 Å². The van der Waals surface area contributed by atoms with Crippen molar-refractivity contribution in [3.05, 3.63) is 60.5 Å². The van der Waals surface area contributed by atoms with Gasteiger partial charge < -0.3 is 9.72 Å². The number of nitrogens with one attached hydrogen (secondary N) is 1. The van der Waals surface area contributed by atoms with E-state index in [1.165, 1.54) is 6.07 Å². The molecule has 1 fully saturated rings. The van der Waals surface area contributed by atoms with Crippen LogP contribution in [-0.2, 0) is 0 Å². The highest BCUT2D eigenvalue weighted by Gasteiger charge is 2.30. The molecule has 1 N–H and O–H groups in total. The summed E-state index contributed by atoms with van der Waals surface area (Å²) in [6.07, 6.45) is 4.29. The van der Waals surface area contributed by atoms with Gasteiger partial charge in [0.1, 0.15) is 0 Å². The Morgan fingerprint density at radius 3 is 2.79 bits per heavy atom. The van der Waals surface area contributed by atoms with Crippen LogP contribution in [0.1, 0.15) is 18.9 Å². The molecule has 0 amide bonds. The van der Waals surface area contributed by atoms with Crippen molar-refractivity contribution in [1.29, 1.82) is 0 Å². The van der Waals surface area contributed by atoms with Crippen LogP contribution in [0.2, 0.25) is 0 Å². The van der Waals surface area contributed by atoms with Gasteiger partial charge in [-0.1, -0.05) is 42.1 Å². The number of H-pyrrole nitrogens is 1. The van der Waals surface area contributed by atoms with Gasteiger partial charge in [0.2, 0.25) is 0 Å². The summed E-state index contributed by atoms with van der Waals surface area (Å²) in [4.78, 5) is 3.31. The van der Waals surface area contributed by atoms with E-state index in [-0.39, 0.29) is 11.6 Å². The number of thioether (sulfide) groups is 1. The van der Waals surface area contributed by atoms with E-state index in [1.54, 1.807) is 30.0 Å². The van der Waals surface area contributed by atoms with E-state index in [1.807, 2.05) is 18.3 Å². The number of fused-ring (bicyclic) bond motifs is 1. The summed E-state index contributed by atoms with van der Waals surface area (Å²) in [6.45, 7) is 0.408. The third-order valence-corrected chi connectivity index (χ3v) is 5.72. The zero-order valence-electron chi connectivity index (χ0n) is 15.1. The van der Waals surface area contributed by atoms with Gasteiger partial charge in [-0.15, -0.1) is 10.2 Å². The van der Waals surface area contributed by atoms with Crippen LogP contribution in [0, 0.1) is 5.82 Å². The van der Waals surface area contributed by atoms with Crippen molar-refractivity contribution in [2.75, 3.05) is 12.4 Å². The van der Waals surface area contributed by atoms with E-state index in [0.717, 1.165) is 40.3 Å². The minimum Gasteiger partial charge on any atom is -0.490 e. The van der Waals surface area contributed by atoms with Crippen LogP contribution >= 0.6 is 11.8 Å². The normalized spacial score (nSPS) is 13.9. The first-order chi connectivity index (χ1) is 13.8. The molecular weight excluding hydrogens is 375 g/mol. The lowest BCUT2D eigenvalue weighted by atomic mass is 10.1. The van der Waals surface area contributed by atoms with Crippen LogP contribution < -0.4 is 4.74 Å². The van der Waals surface area contributed by atoms with Gasteiger partial charge >= 0.3 is 0 Å². The third-order valence-electron chi connectivity index (χ3n) is 4.82. The van der Waals surface area contributed by atoms with Crippen molar-refractivity contribution in [3.63, 3.8) is 0 Å². The summed E-state index contributed by atoms with van der Waals surface area (Å²) < 4.78 is 21.4. The maximum absolute atomic E-state index is 13.6. The summed E-state index contributed by atoms with van der Waals surface area (Å²) in [7, 11) is 0. The Balaban J connectivity index is 1.34. The summed E-state index contributed by atoms with van der Waals surface area (Å²) in [6, 6.07) is 15.1. The molecule has 142 valence electrons. The molecule has 1 saturated carbocycles. The van der Waals surface area contributed by atoms with Gasteiger partial charge in [-0.05, 0) is 31.0 Å². The van der Waals surface area contributed by atoms with Crippen LogP contribution in [0.3, 0.4) is 0 Å². The molecule has 0 atom stereocenters. The number of aromatic nitrogens is 4. The molecule has 2 heterocycles. The Morgan fingerprint density at radius 1 is 1.11 bits per heavy atom. The highest BCUT2D eigenvalue weighted by molar-refractivity contribution is 7.99. The van der Waals surface area contributed by atoms with Gasteiger partial charge in [0.05, 0.1) is 6.61 Å². The Bertz CT molecular complexity index is 1120. The van der Waals surface area contributed by atoms with Gasteiger partial charge in [0.25, 0.3) is 0 Å². The maximum Gasteiger partial charge on any atom is 0.191 e. The first-order valence-electron chi connectivity index (χ1n) is 9.33. The predicted octanol–water partition coefficient (Wildman–Crippen LogP) is 5.07. The molecule has 2 aromatic heterocycles. The molecule has 1 aliphatic carbocycles. The van der Waals surface area contributed by atoms with Crippen LogP contribution in [0.4, 0.5) is 4.39 Å². The fourth-order valence-corrected chi connectivity index (χ4v) is 4.15. The first-order valence-corrected chi connectivity index (χ1v) is 10.3. The van der Waals surface area contributed by atoms with Crippen molar-refractivity contribution < 1.29 is 9.13 Å². The summed E-state index contributed by atoms with van der Waals surface area (Å²) >= 11 is 1.60. The highest BCUT2D eigenvalue weighted by Crippen LogP contribution is 2.42. The molecule has 2 aromatic carbocycles. The molecule has 0 radical (unpaired) electrons. The minimum atomic E-state index is -0.338. The van der Waals surface area contributed by atoms with E-state index in [0.29, 0.717) is 18.4 Å². The highest BCUT2D eigenvalue weighted by atomic mass is 32.2. The molecule has 0 saturated heterocycles. The first kappa shape index (κ1) is 17.3. The number of hydrogen-bond acceptors (Lipinski definition) is 4. The fraction of sp³-hybridized carbons (Fsp3) is 0.238. The van der Waals surface area contributed by atoms with Gasteiger partial charge in [0, 0.05) is 34.5 Å². The molecule has 5 rings (SSSR count). The molecular formula is C21H19FN4OS. The molecule has 0 spiro atoms. The van der Waals surface area contributed by atoms with Gasteiger partial charge in [-0.3, -0.25) is 4.57 Å². The zero-order valence-corrected chi connectivity index (χ0v) is 16.0. The van der Waals surface area contributed by atoms with Crippen molar-refractivity contribution >= 4 is 22.7 Å². The van der Waals surface area contributed by atoms with Crippen LogP contribution in [0.25, 0.3) is 22.3 Å². The molecule has 28 heavy (non-hydrogen) atoms. The second-order valence-corrected chi connectivity index (χ2v) is 7.84. The maximum atomic E-state index is 13.6. The molecule has 0 aliphatic heterocycles. The molecule has 0 unspecified atom stereocenters. The molecule has 7 heteroatoms. The quantitative estimate of drug-likeness (QED) is 0.351. The van der Waals surface area contributed by atoms with Crippen molar-refractivity contribution in [3.8, 4) is 17.1 Å². The molecule has 5 nitrogen and oxygen atoms in total. The van der Waals surface area contributed by atoms with Crippen LogP contribution in [0.5, 0.6) is 5.75 Å². The largest absolute Gasteiger partial charge is 0.490 e. The number of rotatable bonds is 7. The second-order valence-electron chi connectivity index (χ2n) is 6.78. The lowest BCUT2D eigenvalue weighted by molar-refractivity contribution is 0.325. The number of para-hydroxylation sites is 2. The van der Waals surface area contributed by atoms with Crippen LogP contribution in [-0.4, -0.2) is 32.1 Å². The Morgan fingerprint density at radius 2 is 1.93 bits per heavy atom. The number of nitrogens with zero attached hydrogens (tertiary/aromatic N) is 3. The predicted molar refractivity (Wildman–Crippen MR) is 108 cm³/mol. The lowest BCUT2D eigenvalue weighted by Gasteiger charge is -2.09. The molecule has 4 aromatic rings. The number of benzene rings is 2. The smallest absolute Gasteiger partial charge is 0.191 e. The SMILES string of the molecule is Fc1ccccc1OCCSc1nnc(-c2c[nH]c3ccccc23)n1C1CC1. The van der Waals surface area contributed by atoms with Crippen molar-refractivity contribution in [2.45, 2.75) is 24.0 Å². The Hall–Kier alpha value is -2.80. The van der Waals surface area contributed by atoms with Gasteiger partial charge in [-0.2, -0.15) is 0 Å². The van der Waals surface area contributed by atoms with E-state index in [2.05, 4.69) is 31.9 Å². The van der Waals surface area contributed by atoms with Gasteiger partial charge in [0.15, 0.2) is 22.5 Å². The lowest BCUT2D eigenvalue weighted by Crippen LogP contribution is -2.04. The standard InChI is InChI=1S/C21H19FN4OS/c22-17-6-2-4-8-19(17)27-11-12-28-21-25-24-20(26(21)14-9-10-14)16-13-23-18-7-3-1-5-15(16)18/h1-8,13-14,23H,9-12H2. The van der Waals surface area contributed by atoms with E-state index in [9.17, 15) is 4.39 Å². The van der Waals surface area contributed by atoms with Crippen molar-refractivity contribution in [1.82, 2.24) is 19.7 Å². The molecule has 1 aliphatic rings. The van der Waals surface area contributed by atoms with Gasteiger partial charge in [-0.25, -0.2) is 4.39 Å². The fourth-order valence-electron chi connectivity index (χ4n) is 3.32. The number of aromatic amines is 1. The summed E-state index contributed by atoms with van der Waals surface area (Å²) in [5.74, 6) is 1.52. The number of halogens is 1. The third kappa shape index (κ3) is 3.26. The summed E-state index contributed by atoms with van der Waals surface area (Å²) in [5, 5.41) is 11.0. The van der Waals surface area contributed by atoms with E-state index < -0.39 is 0 Å². The summed E-state index contributed by atoms with van der Waals surface area (Å²) in [5.41, 5.74) is 2.17. The Kier molecular flexibility index (Phi) is 4.52. The molecule has 0 bridgehead atoms. The average molecular weight is 394 g/mol. The number of hydrogen-bond donors (Lipinski definition) is 1. The van der Waals surface area contributed by atoms with Crippen molar-refractivity contribution in [2.24, 2.45) is 0 Å². The topological polar surface area (TPSA) is 55.7 Å². The zero-order chi connectivity index (χ0) is 18.9.